The number of hydrogen-bond donors (Lipinski definition) is 1. The van der Waals surface area contributed by atoms with Crippen LogP contribution in [-0.2, 0) is 20.9 Å². The second-order valence-corrected chi connectivity index (χ2v) is 6.04. The number of esters is 1. The number of benzene rings is 1. The summed E-state index contributed by atoms with van der Waals surface area (Å²) in [6.45, 7) is 4.87. The molecule has 0 bridgehead atoms. The number of carbonyl (C=O) groups is 2. The number of aromatic nitrogens is 2. The number of fused-ring (bicyclic) bond motifs is 1. The van der Waals surface area contributed by atoms with Gasteiger partial charge in [-0.05, 0) is 18.6 Å². The van der Waals surface area contributed by atoms with E-state index in [9.17, 15) is 9.59 Å². The number of rotatable bonds is 9. The number of hydrogen-bond acceptors (Lipinski definition) is 5. The van der Waals surface area contributed by atoms with Crippen molar-refractivity contribution in [2.24, 2.45) is 0 Å². The summed E-state index contributed by atoms with van der Waals surface area (Å²) in [5, 5.41) is 3.59. The van der Waals surface area contributed by atoms with Crippen molar-refractivity contribution in [2.75, 3.05) is 19.4 Å². The van der Waals surface area contributed by atoms with E-state index in [2.05, 4.69) is 21.6 Å². The van der Waals surface area contributed by atoms with Crippen molar-refractivity contribution in [3.05, 3.63) is 36.9 Å². The molecule has 0 aliphatic heterocycles. The van der Waals surface area contributed by atoms with E-state index in [4.69, 9.17) is 0 Å². The maximum absolute atomic E-state index is 11.9. The monoisotopic (exact) mass is 347 g/mol. The topological polar surface area (TPSA) is 73.2 Å². The predicted molar refractivity (Wildman–Crippen MR) is 94.9 cm³/mol. The van der Waals surface area contributed by atoms with E-state index in [0.717, 1.165) is 16.2 Å². The molecule has 0 saturated heterocycles. The lowest BCUT2D eigenvalue weighted by Gasteiger charge is -2.07. The fourth-order valence-electron chi connectivity index (χ4n) is 2.21. The Morgan fingerprint density at radius 3 is 2.96 bits per heavy atom. The number of para-hydroxylation sites is 2. The molecule has 128 valence electrons. The zero-order valence-corrected chi connectivity index (χ0v) is 14.5. The Hall–Kier alpha value is -2.28. The molecule has 0 atom stereocenters. The van der Waals surface area contributed by atoms with Gasteiger partial charge in [0.05, 0.1) is 23.9 Å². The number of allylic oxidation sites excluding steroid dienone is 1. The zero-order valence-electron chi connectivity index (χ0n) is 13.7. The third kappa shape index (κ3) is 4.86. The molecule has 24 heavy (non-hydrogen) atoms. The minimum Gasteiger partial charge on any atom is -0.469 e. The molecular weight excluding hydrogens is 326 g/mol. The van der Waals surface area contributed by atoms with Crippen molar-refractivity contribution in [3.8, 4) is 0 Å². The van der Waals surface area contributed by atoms with Crippen molar-refractivity contribution in [1.29, 1.82) is 0 Å². The Morgan fingerprint density at radius 2 is 2.21 bits per heavy atom. The van der Waals surface area contributed by atoms with Crippen LogP contribution in [0.1, 0.15) is 12.8 Å². The average Bonchev–Trinajstić information content (AvgIpc) is 2.95. The van der Waals surface area contributed by atoms with Crippen LogP contribution < -0.4 is 5.32 Å². The van der Waals surface area contributed by atoms with Crippen LogP contribution in [0.25, 0.3) is 11.0 Å². The van der Waals surface area contributed by atoms with E-state index in [1.165, 1.54) is 18.9 Å². The third-order valence-electron chi connectivity index (χ3n) is 3.37. The number of imidazole rings is 1. The van der Waals surface area contributed by atoms with Gasteiger partial charge in [0, 0.05) is 19.5 Å². The maximum atomic E-state index is 11.9. The summed E-state index contributed by atoms with van der Waals surface area (Å²) < 4.78 is 6.59. The number of carbonyl (C=O) groups excluding carboxylic acids is 2. The molecule has 0 aliphatic carbocycles. The quantitative estimate of drug-likeness (QED) is 0.326. The number of methoxy groups -OCH3 is 1. The second kappa shape index (κ2) is 9.12. The standard InChI is InChI=1S/C17H21N3O3S/c1-3-11-20-14-8-5-4-7-13(14)19-17(20)24-12-15(21)18-10-6-9-16(22)23-2/h3-5,7-8H,1,6,9-12H2,2H3,(H,18,21). The van der Waals surface area contributed by atoms with E-state index in [1.807, 2.05) is 34.9 Å². The molecule has 1 aromatic heterocycles. The van der Waals surface area contributed by atoms with Crippen LogP contribution >= 0.6 is 11.8 Å². The highest BCUT2D eigenvalue weighted by molar-refractivity contribution is 7.99. The number of thioether (sulfide) groups is 1. The fourth-order valence-corrected chi connectivity index (χ4v) is 3.07. The Balaban J connectivity index is 1.88. The van der Waals surface area contributed by atoms with E-state index in [1.54, 1.807) is 0 Å². The molecule has 1 heterocycles. The highest BCUT2D eigenvalue weighted by Crippen LogP contribution is 2.23. The lowest BCUT2D eigenvalue weighted by atomic mass is 10.3. The van der Waals surface area contributed by atoms with Crippen LogP contribution in [0.2, 0.25) is 0 Å². The number of nitrogens with one attached hydrogen (secondary N) is 1. The molecule has 0 aliphatic rings. The zero-order chi connectivity index (χ0) is 17.4. The van der Waals surface area contributed by atoms with Crippen molar-refractivity contribution in [3.63, 3.8) is 0 Å². The Bertz CT molecular complexity index is 727. The first-order valence-electron chi connectivity index (χ1n) is 7.68. The molecular formula is C17H21N3O3S. The number of ether oxygens (including phenoxy) is 1. The maximum Gasteiger partial charge on any atom is 0.305 e. The van der Waals surface area contributed by atoms with Crippen LogP contribution in [0.15, 0.2) is 42.1 Å². The van der Waals surface area contributed by atoms with Gasteiger partial charge in [-0.25, -0.2) is 4.98 Å². The van der Waals surface area contributed by atoms with E-state index >= 15 is 0 Å². The molecule has 1 aromatic carbocycles. The van der Waals surface area contributed by atoms with Crippen LogP contribution in [0, 0.1) is 0 Å². The van der Waals surface area contributed by atoms with Gasteiger partial charge in [0.15, 0.2) is 5.16 Å². The van der Waals surface area contributed by atoms with Gasteiger partial charge in [-0.1, -0.05) is 30.0 Å². The first kappa shape index (κ1) is 18.1. The largest absolute Gasteiger partial charge is 0.469 e. The lowest BCUT2D eigenvalue weighted by Crippen LogP contribution is -2.26. The molecule has 2 aromatic rings. The normalized spacial score (nSPS) is 10.5. The molecule has 1 amide bonds. The Morgan fingerprint density at radius 1 is 1.42 bits per heavy atom. The van der Waals surface area contributed by atoms with E-state index < -0.39 is 0 Å². The summed E-state index contributed by atoms with van der Waals surface area (Å²) >= 11 is 1.39. The molecule has 2 rings (SSSR count). The van der Waals surface area contributed by atoms with Gasteiger partial charge >= 0.3 is 5.97 Å². The fraction of sp³-hybridized carbons (Fsp3) is 0.353. The minimum atomic E-state index is -0.267. The third-order valence-corrected chi connectivity index (χ3v) is 4.35. The van der Waals surface area contributed by atoms with Crippen LogP contribution in [-0.4, -0.2) is 40.8 Å². The molecule has 0 radical (unpaired) electrons. The van der Waals surface area contributed by atoms with Gasteiger partial charge in [-0.3, -0.25) is 9.59 Å². The lowest BCUT2D eigenvalue weighted by molar-refractivity contribution is -0.140. The predicted octanol–water partition coefficient (Wildman–Crippen LogP) is 2.38. The van der Waals surface area contributed by atoms with Gasteiger partial charge in [0.1, 0.15) is 0 Å². The van der Waals surface area contributed by atoms with Crippen LogP contribution in [0.4, 0.5) is 0 Å². The van der Waals surface area contributed by atoms with Gasteiger partial charge in [0.25, 0.3) is 0 Å². The van der Waals surface area contributed by atoms with Crippen molar-refractivity contribution in [1.82, 2.24) is 14.9 Å². The highest BCUT2D eigenvalue weighted by Gasteiger charge is 2.12. The molecule has 0 spiro atoms. The Kier molecular flexibility index (Phi) is 6.87. The first-order chi connectivity index (χ1) is 11.7. The minimum absolute atomic E-state index is 0.0814. The Labute approximate surface area is 145 Å². The second-order valence-electron chi connectivity index (χ2n) is 5.10. The molecule has 0 saturated carbocycles. The van der Waals surface area contributed by atoms with Crippen LogP contribution in [0.3, 0.4) is 0 Å². The van der Waals surface area contributed by atoms with Crippen molar-refractivity contribution >= 4 is 34.7 Å². The van der Waals surface area contributed by atoms with Gasteiger partial charge in [-0.15, -0.1) is 6.58 Å². The van der Waals surface area contributed by atoms with Gasteiger partial charge in [0.2, 0.25) is 5.91 Å². The van der Waals surface area contributed by atoms with Crippen molar-refractivity contribution < 1.29 is 14.3 Å². The summed E-state index contributed by atoms with van der Waals surface area (Å²) in [7, 11) is 1.35. The van der Waals surface area contributed by atoms with E-state index in [-0.39, 0.29) is 17.6 Å². The molecule has 1 N–H and O–H groups in total. The molecule has 0 fully saturated rings. The highest BCUT2D eigenvalue weighted by atomic mass is 32.2. The summed E-state index contributed by atoms with van der Waals surface area (Å²) in [5.41, 5.74) is 1.93. The summed E-state index contributed by atoms with van der Waals surface area (Å²) in [5.74, 6) is -0.0718. The SMILES string of the molecule is C=CCn1c(SCC(=O)NCCCC(=O)OC)nc2ccccc21. The smallest absolute Gasteiger partial charge is 0.305 e. The number of nitrogens with zero attached hydrogens (tertiary/aromatic N) is 2. The molecule has 7 heteroatoms. The molecule has 0 unspecified atom stereocenters. The summed E-state index contributed by atoms with van der Waals surface area (Å²) in [4.78, 5) is 27.5. The summed E-state index contributed by atoms with van der Waals surface area (Å²) in [6, 6.07) is 7.86. The average molecular weight is 347 g/mol. The van der Waals surface area contributed by atoms with Gasteiger partial charge in [-0.2, -0.15) is 0 Å². The summed E-state index contributed by atoms with van der Waals surface area (Å²) in [6.07, 6.45) is 2.68. The number of amides is 1. The van der Waals surface area contributed by atoms with Crippen LogP contribution in [0.5, 0.6) is 0 Å². The van der Waals surface area contributed by atoms with E-state index in [0.29, 0.717) is 25.9 Å². The first-order valence-corrected chi connectivity index (χ1v) is 8.66. The molecule has 6 nitrogen and oxygen atoms in total. The van der Waals surface area contributed by atoms with Crippen molar-refractivity contribution in [2.45, 2.75) is 24.5 Å². The van der Waals surface area contributed by atoms with Gasteiger partial charge < -0.3 is 14.6 Å².